The van der Waals surface area contributed by atoms with Gasteiger partial charge in [-0.05, 0) is 19.9 Å². The topological polar surface area (TPSA) is 23.6 Å². The first-order valence-corrected chi connectivity index (χ1v) is 6.97. The van der Waals surface area contributed by atoms with Gasteiger partial charge in [0.05, 0.1) is 0 Å². The maximum Gasteiger partial charge on any atom is 0.313 e. The summed E-state index contributed by atoms with van der Waals surface area (Å²) in [4.78, 5) is 16.0. The Morgan fingerprint density at radius 1 is 1.15 bits per heavy atom. The second-order valence-electron chi connectivity index (χ2n) is 6.34. The number of likely N-dealkylation sites (N-methyl/N-ethyl adjacent to an activating group) is 1. The van der Waals surface area contributed by atoms with Crippen LogP contribution in [0.15, 0.2) is 0 Å². The summed E-state index contributed by atoms with van der Waals surface area (Å²) in [5.41, 5.74) is 0. The quantitative estimate of drug-likeness (QED) is 0.727. The Bertz CT molecular complexity index is 415. The molecule has 1 aliphatic carbocycles. The highest BCUT2D eigenvalue weighted by molar-refractivity contribution is 5.78. The molecule has 3 nitrogen and oxygen atoms in total. The third-order valence-corrected chi connectivity index (χ3v) is 4.88. The van der Waals surface area contributed by atoms with Crippen molar-refractivity contribution in [2.45, 2.75) is 49.6 Å². The number of piperazine rings is 1. The van der Waals surface area contributed by atoms with Gasteiger partial charge in [0.2, 0.25) is 5.91 Å². The minimum atomic E-state index is -4.03. The highest BCUT2D eigenvalue weighted by atomic mass is 19.3. The van der Waals surface area contributed by atoms with Gasteiger partial charge in [0.25, 0.3) is 0 Å². The first-order valence-electron chi connectivity index (χ1n) is 6.97. The second kappa shape index (κ2) is 4.32. The maximum atomic E-state index is 13.3. The number of carbonyl (C=O) groups is 1. The van der Waals surface area contributed by atoms with Crippen molar-refractivity contribution >= 4 is 5.91 Å². The van der Waals surface area contributed by atoms with Crippen LogP contribution in [0.3, 0.4) is 0 Å². The van der Waals surface area contributed by atoms with Crippen molar-refractivity contribution in [3.63, 3.8) is 0 Å². The summed E-state index contributed by atoms with van der Waals surface area (Å²) in [6.07, 6.45) is 0.407. The number of hydrogen-bond donors (Lipinski definition) is 0. The average molecular weight is 294 g/mol. The van der Waals surface area contributed by atoms with Crippen LogP contribution in [-0.4, -0.2) is 59.8 Å². The van der Waals surface area contributed by atoms with Gasteiger partial charge in [-0.2, -0.15) is 17.6 Å². The highest BCUT2D eigenvalue weighted by Gasteiger charge is 2.71. The van der Waals surface area contributed by atoms with Crippen molar-refractivity contribution in [3.8, 4) is 0 Å². The van der Waals surface area contributed by atoms with E-state index in [1.807, 2.05) is 7.05 Å². The zero-order valence-corrected chi connectivity index (χ0v) is 11.3. The van der Waals surface area contributed by atoms with E-state index in [1.54, 1.807) is 4.90 Å². The van der Waals surface area contributed by atoms with Gasteiger partial charge in [-0.3, -0.25) is 4.79 Å². The van der Waals surface area contributed by atoms with E-state index in [0.29, 0.717) is 0 Å². The SMILES string of the molecule is CN1CC2CCC(C1)N2C(=O)CC1CC(F)(F)C1(F)F. The van der Waals surface area contributed by atoms with Crippen LogP contribution < -0.4 is 0 Å². The summed E-state index contributed by atoms with van der Waals surface area (Å²) in [7, 11) is 1.97. The molecule has 3 aliphatic rings. The summed E-state index contributed by atoms with van der Waals surface area (Å²) in [6.45, 7) is 1.47. The van der Waals surface area contributed by atoms with Crippen LogP contribution in [-0.2, 0) is 4.79 Å². The fraction of sp³-hybridized carbons (Fsp3) is 0.923. The first kappa shape index (κ1) is 14.1. The van der Waals surface area contributed by atoms with Gasteiger partial charge in [0.15, 0.2) is 0 Å². The van der Waals surface area contributed by atoms with E-state index in [4.69, 9.17) is 0 Å². The van der Waals surface area contributed by atoms with Crippen molar-refractivity contribution < 1.29 is 22.4 Å². The molecule has 7 heteroatoms. The molecule has 2 heterocycles. The number of carbonyl (C=O) groups excluding carboxylic acids is 1. The minimum absolute atomic E-state index is 0.0560. The van der Waals surface area contributed by atoms with Crippen LogP contribution in [0.4, 0.5) is 17.6 Å². The molecule has 0 aromatic carbocycles. The molecule has 3 atom stereocenters. The monoisotopic (exact) mass is 294 g/mol. The Balaban J connectivity index is 1.64. The lowest BCUT2D eigenvalue weighted by Gasteiger charge is -2.45. The fourth-order valence-electron chi connectivity index (χ4n) is 3.78. The van der Waals surface area contributed by atoms with E-state index in [9.17, 15) is 22.4 Å². The van der Waals surface area contributed by atoms with Gasteiger partial charge in [-0.25, -0.2) is 0 Å². The standard InChI is InChI=1S/C13H18F4N2O/c1-18-6-9-2-3-10(7-18)19(9)11(20)4-8-5-12(14,15)13(8,16)17/h8-10H,2-7H2,1H3. The van der Waals surface area contributed by atoms with Crippen molar-refractivity contribution in [2.24, 2.45) is 5.92 Å². The zero-order valence-electron chi connectivity index (χ0n) is 11.3. The molecule has 2 saturated heterocycles. The summed E-state index contributed by atoms with van der Waals surface area (Å²) < 4.78 is 52.1. The van der Waals surface area contributed by atoms with E-state index < -0.39 is 30.6 Å². The van der Waals surface area contributed by atoms with Crippen LogP contribution in [0.2, 0.25) is 0 Å². The number of nitrogens with zero attached hydrogens (tertiary/aromatic N) is 2. The molecule has 0 spiro atoms. The van der Waals surface area contributed by atoms with Gasteiger partial charge in [0, 0.05) is 43.9 Å². The minimum Gasteiger partial charge on any atom is -0.334 e. The largest absolute Gasteiger partial charge is 0.334 e. The number of amides is 1. The summed E-state index contributed by atoms with van der Waals surface area (Å²) in [5.74, 6) is -9.87. The molecule has 3 fully saturated rings. The first-order chi connectivity index (χ1) is 9.22. The second-order valence-corrected chi connectivity index (χ2v) is 6.34. The Kier molecular flexibility index (Phi) is 3.05. The number of halogens is 4. The predicted octanol–water partition coefficient (Wildman–Crippen LogP) is 1.97. The molecule has 114 valence electrons. The van der Waals surface area contributed by atoms with E-state index in [1.165, 1.54) is 0 Å². The zero-order chi connectivity index (χ0) is 14.7. The molecule has 0 aromatic rings. The van der Waals surface area contributed by atoms with E-state index in [-0.39, 0.29) is 18.0 Å². The predicted molar refractivity (Wildman–Crippen MR) is 63.8 cm³/mol. The number of rotatable bonds is 2. The van der Waals surface area contributed by atoms with Crippen molar-refractivity contribution in [3.05, 3.63) is 0 Å². The van der Waals surface area contributed by atoms with Gasteiger partial charge in [0.1, 0.15) is 0 Å². The molecule has 3 unspecified atom stereocenters. The van der Waals surface area contributed by atoms with Crippen molar-refractivity contribution in [1.29, 1.82) is 0 Å². The summed E-state index contributed by atoms with van der Waals surface area (Å²) >= 11 is 0. The van der Waals surface area contributed by atoms with Crippen LogP contribution in [0, 0.1) is 5.92 Å². The van der Waals surface area contributed by atoms with Crippen LogP contribution in [0.5, 0.6) is 0 Å². The normalized spacial score (nSPS) is 38.6. The van der Waals surface area contributed by atoms with E-state index in [2.05, 4.69) is 4.90 Å². The third kappa shape index (κ3) is 1.93. The lowest BCUT2D eigenvalue weighted by molar-refractivity contribution is -0.313. The average Bonchev–Trinajstić information content (AvgIpc) is 2.61. The molecule has 20 heavy (non-hydrogen) atoms. The number of hydrogen-bond acceptors (Lipinski definition) is 2. The van der Waals surface area contributed by atoms with Crippen LogP contribution in [0.1, 0.15) is 25.7 Å². The Hall–Kier alpha value is -0.850. The molecule has 0 radical (unpaired) electrons. The highest BCUT2D eigenvalue weighted by Crippen LogP contribution is 2.56. The fourth-order valence-corrected chi connectivity index (χ4v) is 3.78. The lowest BCUT2D eigenvalue weighted by Crippen LogP contribution is -2.61. The van der Waals surface area contributed by atoms with Gasteiger partial charge in [-0.15, -0.1) is 0 Å². The molecular weight excluding hydrogens is 276 g/mol. The van der Waals surface area contributed by atoms with Gasteiger partial charge >= 0.3 is 11.8 Å². The lowest BCUT2D eigenvalue weighted by atomic mass is 9.74. The molecule has 3 rings (SSSR count). The Labute approximate surface area is 114 Å². The van der Waals surface area contributed by atoms with Crippen molar-refractivity contribution in [1.82, 2.24) is 9.80 Å². The van der Waals surface area contributed by atoms with Gasteiger partial charge < -0.3 is 9.80 Å². The van der Waals surface area contributed by atoms with Crippen molar-refractivity contribution in [2.75, 3.05) is 20.1 Å². The number of alkyl halides is 4. The van der Waals surface area contributed by atoms with E-state index >= 15 is 0 Å². The summed E-state index contributed by atoms with van der Waals surface area (Å²) in [6, 6.07) is 0.112. The molecule has 2 aliphatic heterocycles. The Morgan fingerprint density at radius 2 is 1.70 bits per heavy atom. The molecule has 0 aromatic heterocycles. The van der Waals surface area contributed by atoms with Crippen LogP contribution >= 0.6 is 0 Å². The van der Waals surface area contributed by atoms with Gasteiger partial charge in [-0.1, -0.05) is 0 Å². The smallest absolute Gasteiger partial charge is 0.313 e. The van der Waals surface area contributed by atoms with E-state index in [0.717, 1.165) is 25.9 Å². The number of fused-ring (bicyclic) bond motifs is 2. The molecular formula is C13H18F4N2O. The maximum absolute atomic E-state index is 13.3. The Morgan fingerprint density at radius 3 is 2.15 bits per heavy atom. The molecule has 1 amide bonds. The number of likely N-dealkylation sites (tertiary alicyclic amines) is 1. The third-order valence-electron chi connectivity index (χ3n) is 4.88. The van der Waals surface area contributed by atoms with Crippen LogP contribution in [0.25, 0.3) is 0 Å². The molecule has 0 N–H and O–H groups in total. The molecule has 2 bridgehead atoms. The summed E-state index contributed by atoms with van der Waals surface area (Å²) in [5, 5.41) is 0. The molecule has 1 saturated carbocycles.